The lowest BCUT2D eigenvalue weighted by molar-refractivity contribution is -0.119. The Morgan fingerprint density at radius 1 is 1.48 bits per heavy atom. The molecular weight excluding hydrogens is 286 g/mol. The Balaban J connectivity index is 1.65. The SMILES string of the molecule is N#CN1CC[C@H](C(=O)Nc2ncc(-c3ccccn3)s2)C1. The number of rotatable bonds is 3. The van der Waals surface area contributed by atoms with Crippen LogP contribution < -0.4 is 5.32 Å². The average Bonchev–Trinajstić information content (AvgIpc) is 3.17. The highest BCUT2D eigenvalue weighted by Gasteiger charge is 2.28. The molecule has 2 aromatic rings. The minimum Gasteiger partial charge on any atom is -0.310 e. The van der Waals surface area contributed by atoms with Gasteiger partial charge in [-0.05, 0) is 18.6 Å². The maximum atomic E-state index is 12.1. The summed E-state index contributed by atoms with van der Waals surface area (Å²) in [5.74, 6) is -0.221. The first-order valence-electron chi connectivity index (χ1n) is 6.59. The van der Waals surface area contributed by atoms with E-state index in [0.717, 1.165) is 10.6 Å². The number of carbonyl (C=O) groups is 1. The molecular formula is C14H13N5OS. The summed E-state index contributed by atoms with van der Waals surface area (Å²) >= 11 is 1.40. The summed E-state index contributed by atoms with van der Waals surface area (Å²) in [5, 5.41) is 12.2. The number of nitriles is 1. The van der Waals surface area contributed by atoms with Gasteiger partial charge < -0.3 is 10.2 Å². The highest BCUT2D eigenvalue weighted by Crippen LogP contribution is 2.28. The van der Waals surface area contributed by atoms with E-state index in [1.54, 1.807) is 17.3 Å². The normalized spacial score (nSPS) is 17.5. The van der Waals surface area contributed by atoms with Crippen LogP contribution in [-0.4, -0.2) is 33.9 Å². The van der Waals surface area contributed by atoms with Gasteiger partial charge in [-0.25, -0.2) is 4.98 Å². The van der Waals surface area contributed by atoms with E-state index in [1.165, 1.54) is 11.3 Å². The lowest BCUT2D eigenvalue weighted by Crippen LogP contribution is -2.25. The standard InChI is InChI=1S/C14H13N5OS/c15-9-19-6-4-10(8-19)13(20)18-14-17-7-12(21-14)11-3-1-2-5-16-11/h1-3,5,7,10H,4,6,8H2,(H,17,18,20)/t10-/m0/s1. The molecule has 1 N–H and O–H groups in total. The molecule has 106 valence electrons. The van der Waals surface area contributed by atoms with Crippen LogP contribution in [0.3, 0.4) is 0 Å². The van der Waals surface area contributed by atoms with Crippen molar-refractivity contribution in [2.75, 3.05) is 18.4 Å². The van der Waals surface area contributed by atoms with Gasteiger partial charge in [-0.15, -0.1) is 0 Å². The summed E-state index contributed by atoms with van der Waals surface area (Å²) in [4.78, 5) is 23.1. The molecule has 1 atom stereocenters. The first-order chi connectivity index (χ1) is 10.3. The van der Waals surface area contributed by atoms with Gasteiger partial charge in [0, 0.05) is 25.5 Å². The fraction of sp³-hybridized carbons (Fsp3) is 0.286. The van der Waals surface area contributed by atoms with Gasteiger partial charge in [0.1, 0.15) is 0 Å². The lowest BCUT2D eigenvalue weighted by Gasteiger charge is -2.08. The monoisotopic (exact) mass is 299 g/mol. The Kier molecular flexibility index (Phi) is 3.79. The number of anilines is 1. The van der Waals surface area contributed by atoms with Crippen LogP contribution in [0.4, 0.5) is 5.13 Å². The summed E-state index contributed by atoms with van der Waals surface area (Å²) < 4.78 is 0. The van der Waals surface area contributed by atoms with Crippen molar-refractivity contribution in [1.82, 2.24) is 14.9 Å². The summed E-state index contributed by atoms with van der Waals surface area (Å²) in [6.07, 6.45) is 6.21. The second-order valence-corrected chi connectivity index (χ2v) is 5.80. The zero-order valence-corrected chi connectivity index (χ0v) is 12.0. The molecule has 3 heterocycles. The van der Waals surface area contributed by atoms with Gasteiger partial charge >= 0.3 is 0 Å². The van der Waals surface area contributed by atoms with Crippen LogP contribution >= 0.6 is 11.3 Å². The molecule has 1 aliphatic heterocycles. The van der Waals surface area contributed by atoms with Crippen molar-refractivity contribution in [3.63, 3.8) is 0 Å². The summed E-state index contributed by atoms with van der Waals surface area (Å²) in [6, 6.07) is 5.67. The van der Waals surface area contributed by atoms with Crippen LogP contribution in [0.25, 0.3) is 10.6 Å². The van der Waals surface area contributed by atoms with Crippen molar-refractivity contribution in [2.24, 2.45) is 5.92 Å². The number of nitrogens with one attached hydrogen (secondary N) is 1. The third-order valence-corrected chi connectivity index (χ3v) is 4.29. The van der Waals surface area contributed by atoms with Crippen LogP contribution in [0.5, 0.6) is 0 Å². The molecule has 1 fully saturated rings. The third kappa shape index (κ3) is 3.01. The second-order valence-electron chi connectivity index (χ2n) is 4.77. The van der Waals surface area contributed by atoms with Crippen LogP contribution in [-0.2, 0) is 4.79 Å². The summed E-state index contributed by atoms with van der Waals surface area (Å²) in [7, 11) is 0. The van der Waals surface area contributed by atoms with Crippen LogP contribution in [0.1, 0.15) is 6.42 Å². The largest absolute Gasteiger partial charge is 0.310 e. The van der Waals surface area contributed by atoms with E-state index in [-0.39, 0.29) is 11.8 Å². The van der Waals surface area contributed by atoms with Gasteiger partial charge in [-0.1, -0.05) is 17.4 Å². The molecule has 1 saturated heterocycles. The molecule has 7 heteroatoms. The second kappa shape index (κ2) is 5.89. The van der Waals surface area contributed by atoms with Gasteiger partial charge in [0.15, 0.2) is 11.3 Å². The van der Waals surface area contributed by atoms with Gasteiger partial charge in [-0.2, -0.15) is 5.26 Å². The number of pyridine rings is 1. The molecule has 0 unspecified atom stereocenters. The first kappa shape index (κ1) is 13.5. The molecule has 0 radical (unpaired) electrons. The maximum absolute atomic E-state index is 12.1. The van der Waals surface area contributed by atoms with E-state index < -0.39 is 0 Å². The van der Waals surface area contributed by atoms with Crippen LogP contribution in [0.2, 0.25) is 0 Å². The van der Waals surface area contributed by atoms with Crippen LogP contribution in [0.15, 0.2) is 30.6 Å². The lowest BCUT2D eigenvalue weighted by atomic mass is 10.1. The molecule has 0 aliphatic carbocycles. The highest BCUT2D eigenvalue weighted by molar-refractivity contribution is 7.19. The predicted molar refractivity (Wildman–Crippen MR) is 79.3 cm³/mol. The number of aromatic nitrogens is 2. The van der Waals surface area contributed by atoms with Crippen LogP contribution in [0, 0.1) is 17.4 Å². The Labute approximate surface area is 126 Å². The number of hydrogen-bond donors (Lipinski definition) is 1. The number of nitrogens with zero attached hydrogens (tertiary/aromatic N) is 4. The minimum atomic E-state index is -0.146. The highest BCUT2D eigenvalue weighted by atomic mass is 32.1. The Morgan fingerprint density at radius 2 is 2.38 bits per heavy atom. The van der Waals surface area contributed by atoms with Crippen molar-refractivity contribution < 1.29 is 4.79 Å². The number of thiazole rings is 1. The van der Waals surface area contributed by atoms with Gasteiger partial charge in [0.05, 0.1) is 16.5 Å². The molecule has 0 aromatic carbocycles. The quantitative estimate of drug-likeness (QED) is 0.876. The molecule has 1 aliphatic rings. The number of likely N-dealkylation sites (tertiary alicyclic amines) is 1. The fourth-order valence-electron chi connectivity index (χ4n) is 2.23. The summed E-state index contributed by atoms with van der Waals surface area (Å²) in [6.45, 7) is 1.13. The Bertz CT molecular complexity index is 678. The van der Waals surface area contributed by atoms with Crippen molar-refractivity contribution in [3.8, 4) is 16.8 Å². The minimum absolute atomic E-state index is 0.0744. The van der Waals surface area contributed by atoms with Crippen molar-refractivity contribution >= 4 is 22.4 Å². The molecule has 0 bridgehead atoms. The van der Waals surface area contributed by atoms with E-state index in [1.807, 2.05) is 18.2 Å². The maximum Gasteiger partial charge on any atom is 0.231 e. The van der Waals surface area contributed by atoms with E-state index in [9.17, 15) is 4.79 Å². The molecule has 2 aromatic heterocycles. The van der Waals surface area contributed by atoms with Crippen molar-refractivity contribution in [3.05, 3.63) is 30.6 Å². The zero-order valence-electron chi connectivity index (χ0n) is 11.2. The summed E-state index contributed by atoms with van der Waals surface area (Å²) in [5.41, 5.74) is 0.840. The van der Waals surface area contributed by atoms with E-state index in [0.29, 0.717) is 24.6 Å². The number of amides is 1. The fourth-order valence-corrected chi connectivity index (χ4v) is 3.03. The molecule has 1 amide bonds. The van der Waals surface area contributed by atoms with Crippen molar-refractivity contribution in [1.29, 1.82) is 5.26 Å². The predicted octanol–water partition coefficient (Wildman–Crippen LogP) is 1.95. The zero-order chi connectivity index (χ0) is 14.7. The number of carbonyl (C=O) groups excluding carboxylic acids is 1. The smallest absolute Gasteiger partial charge is 0.231 e. The molecule has 3 rings (SSSR count). The number of hydrogen-bond acceptors (Lipinski definition) is 6. The van der Waals surface area contributed by atoms with E-state index >= 15 is 0 Å². The molecule has 21 heavy (non-hydrogen) atoms. The molecule has 0 saturated carbocycles. The third-order valence-electron chi connectivity index (χ3n) is 3.35. The van der Waals surface area contributed by atoms with Crippen molar-refractivity contribution in [2.45, 2.75) is 6.42 Å². The molecule has 6 nitrogen and oxygen atoms in total. The van der Waals surface area contributed by atoms with E-state index in [4.69, 9.17) is 5.26 Å². The Hall–Kier alpha value is -2.46. The molecule has 0 spiro atoms. The van der Waals surface area contributed by atoms with Gasteiger partial charge in [0.25, 0.3) is 0 Å². The first-order valence-corrected chi connectivity index (χ1v) is 7.40. The van der Waals surface area contributed by atoms with Gasteiger partial charge in [-0.3, -0.25) is 9.78 Å². The topological polar surface area (TPSA) is 81.9 Å². The van der Waals surface area contributed by atoms with Gasteiger partial charge in [0.2, 0.25) is 5.91 Å². The average molecular weight is 299 g/mol. The van der Waals surface area contributed by atoms with E-state index in [2.05, 4.69) is 21.5 Å². The Morgan fingerprint density at radius 3 is 3.10 bits per heavy atom.